The monoisotopic (exact) mass is 520 g/mol. The Balaban J connectivity index is 2.39. The average molecular weight is 522 g/mol. The number of hydrogen-bond donors (Lipinski definition) is 2. The summed E-state index contributed by atoms with van der Waals surface area (Å²) < 4.78 is 4.02. The first-order chi connectivity index (χ1) is 10.0. The van der Waals surface area contributed by atoms with Crippen molar-refractivity contribution in [1.82, 2.24) is 0 Å². The lowest BCUT2D eigenvalue weighted by Crippen LogP contribution is -2.14. The molecule has 0 bridgehead atoms. The predicted molar refractivity (Wildman–Crippen MR) is 104 cm³/mol. The molecule has 0 unspecified atom stereocenters. The Morgan fingerprint density at radius 3 is 2.67 bits per heavy atom. The van der Waals surface area contributed by atoms with E-state index in [2.05, 4.69) is 59.7 Å². The number of anilines is 2. The average Bonchev–Trinajstić information content (AvgIpc) is 2.47. The highest BCUT2D eigenvalue weighted by Gasteiger charge is 2.11. The molecule has 0 saturated heterocycles. The van der Waals surface area contributed by atoms with Crippen molar-refractivity contribution in [3.05, 3.63) is 57.0 Å². The van der Waals surface area contributed by atoms with Gasteiger partial charge in [0.25, 0.3) is 0 Å². The highest BCUT2D eigenvalue weighted by atomic mass is 127. The Hall–Kier alpha value is -0.930. The van der Waals surface area contributed by atoms with Gasteiger partial charge in [0.1, 0.15) is 12.2 Å². The third-order valence-corrected chi connectivity index (χ3v) is 4.90. The van der Waals surface area contributed by atoms with Gasteiger partial charge in [0.05, 0.1) is 34.2 Å². The standard InChI is InChI=1S/C14H11Br2IN4/c15-10-4-5-13(12(16)7-10)21(17)11-3-1-2-9(6-11)14(19)20-8-18/h1-8H,(H3,18,19,20). The van der Waals surface area contributed by atoms with Gasteiger partial charge in [0, 0.05) is 14.5 Å². The fourth-order valence-corrected chi connectivity index (χ4v) is 3.99. The van der Waals surface area contributed by atoms with E-state index in [4.69, 9.17) is 11.1 Å². The van der Waals surface area contributed by atoms with Crippen LogP contribution in [0.15, 0.2) is 56.4 Å². The molecular weight excluding hydrogens is 511 g/mol. The van der Waals surface area contributed by atoms with Gasteiger partial charge in [0.2, 0.25) is 0 Å². The molecule has 0 aliphatic carbocycles. The van der Waals surface area contributed by atoms with E-state index in [0.717, 1.165) is 32.2 Å². The van der Waals surface area contributed by atoms with Crippen LogP contribution in [0, 0.1) is 5.41 Å². The maximum absolute atomic E-state index is 6.99. The summed E-state index contributed by atoms with van der Waals surface area (Å²) in [6.07, 6.45) is 0.940. The summed E-state index contributed by atoms with van der Waals surface area (Å²) in [7, 11) is 0. The number of benzene rings is 2. The fraction of sp³-hybridized carbons (Fsp3) is 0. The van der Waals surface area contributed by atoms with E-state index in [0.29, 0.717) is 5.84 Å². The van der Waals surface area contributed by atoms with Gasteiger partial charge in [-0.1, -0.05) is 28.1 Å². The molecule has 7 heteroatoms. The number of rotatable bonds is 4. The zero-order valence-electron chi connectivity index (χ0n) is 10.7. The first-order valence-electron chi connectivity index (χ1n) is 5.86. The van der Waals surface area contributed by atoms with Crippen LogP contribution in [0.25, 0.3) is 0 Å². The molecule has 0 heterocycles. The van der Waals surface area contributed by atoms with Gasteiger partial charge in [-0.05, 0) is 46.3 Å². The topological polar surface area (TPSA) is 65.5 Å². The molecule has 0 aromatic heterocycles. The van der Waals surface area contributed by atoms with E-state index >= 15 is 0 Å². The number of nitrogens with one attached hydrogen (secondary N) is 1. The highest BCUT2D eigenvalue weighted by Crippen LogP contribution is 2.36. The number of nitrogens with zero attached hydrogens (tertiary/aromatic N) is 2. The van der Waals surface area contributed by atoms with Gasteiger partial charge in [-0.25, -0.2) is 4.99 Å². The Kier molecular flexibility index (Phi) is 5.77. The second kappa shape index (κ2) is 7.37. The van der Waals surface area contributed by atoms with Gasteiger partial charge in [-0.3, -0.25) is 8.52 Å². The summed E-state index contributed by atoms with van der Waals surface area (Å²) in [6, 6.07) is 13.7. The predicted octanol–water partition coefficient (Wildman–Crippen LogP) is 5.01. The van der Waals surface area contributed by atoms with Crippen LogP contribution >= 0.6 is 54.7 Å². The minimum absolute atomic E-state index is 0.325. The zero-order chi connectivity index (χ0) is 15.4. The Labute approximate surface area is 153 Å². The molecular formula is C14H11Br2IN4. The highest BCUT2D eigenvalue weighted by molar-refractivity contribution is 14.1. The molecule has 2 rings (SSSR count). The minimum Gasteiger partial charge on any atom is -0.383 e. The Morgan fingerprint density at radius 1 is 1.24 bits per heavy atom. The minimum atomic E-state index is 0.325. The number of aliphatic imine (C=N–C) groups is 1. The van der Waals surface area contributed by atoms with Gasteiger partial charge in [0.15, 0.2) is 0 Å². The second-order valence-electron chi connectivity index (χ2n) is 4.07. The first kappa shape index (κ1) is 16.4. The molecule has 108 valence electrons. The van der Waals surface area contributed by atoms with E-state index in [1.165, 1.54) is 0 Å². The zero-order valence-corrected chi connectivity index (χ0v) is 16.1. The Bertz CT molecular complexity index is 703. The third-order valence-electron chi connectivity index (χ3n) is 2.69. The van der Waals surface area contributed by atoms with Gasteiger partial charge >= 0.3 is 0 Å². The van der Waals surface area contributed by atoms with Crippen LogP contribution in [0.1, 0.15) is 5.56 Å². The van der Waals surface area contributed by atoms with Crippen molar-refractivity contribution >= 4 is 78.3 Å². The quantitative estimate of drug-likeness (QED) is 0.257. The summed E-state index contributed by atoms with van der Waals surface area (Å²) in [4.78, 5) is 3.80. The molecule has 2 aromatic rings. The summed E-state index contributed by atoms with van der Waals surface area (Å²) >= 11 is 9.24. The molecule has 21 heavy (non-hydrogen) atoms. The summed E-state index contributed by atoms with van der Waals surface area (Å²) in [5.41, 5.74) is 8.61. The van der Waals surface area contributed by atoms with Crippen molar-refractivity contribution in [2.45, 2.75) is 0 Å². The number of halogens is 3. The molecule has 0 radical (unpaired) electrons. The molecule has 4 nitrogen and oxygen atoms in total. The second-order valence-corrected chi connectivity index (χ2v) is 6.81. The van der Waals surface area contributed by atoms with Crippen molar-refractivity contribution in [3.8, 4) is 0 Å². The molecule has 0 fully saturated rings. The van der Waals surface area contributed by atoms with Crippen LogP contribution < -0.4 is 8.85 Å². The van der Waals surface area contributed by atoms with Crippen molar-refractivity contribution in [2.75, 3.05) is 3.11 Å². The van der Waals surface area contributed by atoms with E-state index < -0.39 is 0 Å². The molecule has 0 aliphatic rings. The lowest BCUT2D eigenvalue weighted by molar-refractivity contribution is 1.42. The molecule has 0 amide bonds. The lowest BCUT2D eigenvalue weighted by Gasteiger charge is -2.19. The van der Waals surface area contributed by atoms with Crippen LogP contribution in [-0.4, -0.2) is 12.2 Å². The molecule has 0 saturated carbocycles. The maximum Gasteiger partial charge on any atom is 0.132 e. The van der Waals surface area contributed by atoms with E-state index in [1.807, 2.05) is 45.6 Å². The molecule has 0 aliphatic heterocycles. The summed E-state index contributed by atoms with van der Waals surface area (Å²) in [5, 5.41) is 6.99. The van der Waals surface area contributed by atoms with Crippen LogP contribution in [0.2, 0.25) is 0 Å². The van der Waals surface area contributed by atoms with Crippen LogP contribution in [0.5, 0.6) is 0 Å². The van der Waals surface area contributed by atoms with Crippen molar-refractivity contribution < 1.29 is 0 Å². The summed E-state index contributed by atoms with van der Waals surface area (Å²) in [6.45, 7) is 0. The van der Waals surface area contributed by atoms with Crippen LogP contribution in [0.4, 0.5) is 11.4 Å². The molecule has 0 atom stereocenters. The fourth-order valence-electron chi connectivity index (χ4n) is 1.71. The van der Waals surface area contributed by atoms with Crippen molar-refractivity contribution in [2.24, 2.45) is 10.7 Å². The smallest absolute Gasteiger partial charge is 0.132 e. The Morgan fingerprint density at radius 2 is 2.00 bits per heavy atom. The van der Waals surface area contributed by atoms with Crippen LogP contribution in [-0.2, 0) is 0 Å². The third kappa shape index (κ3) is 4.04. The van der Waals surface area contributed by atoms with Crippen molar-refractivity contribution in [1.29, 1.82) is 5.41 Å². The van der Waals surface area contributed by atoms with Gasteiger partial charge < -0.3 is 5.73 Å². The van der Waals surface area contributed by atoms with E-state index in [1.54, 1.807) is 0 Å². The SMILES string of the molecule is N=CN=C(N)c1cccc(N(I)c2ccc(Br)cc2Br)c1. The van der Waals surface area contributed by atoms with Crippen molar-refractivity contribution in [3.63, 3.8) is 0 Å². The largest absolute Gasteiger partial charge is 0.383 e. The van der Waals surface area contributed by atoms with Crippen LogP contribution in [0.3, 0.4) is 0 Å². The normalized spacial score (nSPS) is 11.3. The van der Waals surface area contributed by atoms with Gasteiger partial charge in [-0.2, -0.15) is 0 Å². The van der Waals surface area contributed by atoms with E-state index in [9.17, 15) is 0 Å². The number of hydrogen-bond acceptors (Lipinski definition) is 2. The van der Waals surface area contributed by atoms with E-state index in [-0.39, 0.29) is 0 Å². The first-order valence-corrected chi connectivity index (χ1v) is 8.41. The number of nitrogens with two attached hydrogens (primary N) is 1. The number of amidine groups is 1. The lowest BCUT2D eigenvalue weighted by atomic mass is 10.2. The molecule has 0 spiro atoms. The molecule has 2 aromatic carbocycles. The summed E-state index contributed by atoms with van der Waals surface area (Å²) in [5.74, 6) is 0.325. The van der Waals surface area contributed by atoms with Gasteiger partial charge in [-0.15, -0.1) is 0 Å². The maximum atomic E-state index is 6.99. The molecule has 3 N–H and O–H groups in total.